The van der Waals surface area contributed by atoms with Crippen molar-refractivity contribution < 1.29 is 0 Å². The highest BCUT2D eigenvalue weighted by molar-refractivity contribution is 5.84. The van der Waals surface area contributed by atoms with Crippen LogP contribution in [0.4, 0.5) is 5.82 Å². The van der Waals surface area contributed by atoms with Crippen molar-refractivity contribution in [3.8, 4) is 0 Å². The van der Waals surface area contributed by atoms with Gasteiger partial charge in [0.15, 0.2) is 5.82 Å². The van der Waals surface area contributed by atoms with E-state index < -0.39 is 0 Å². The highest BCUT2D eigenvalue weighted by Crippen LogP contribution is 2.15. The fourth-order valence-electron chi connectivity index (χ4n) is 1.14. The molecule has 0 aliphatic carbocycles. The van der Waals surface area contributed by atoms with Crippen LogP contribution in [0, 0.1) is 6.92 Å². The first-order valence-electron chi connectivity index (χ1n) is 3.86. The second-order valence-corrected chi connectivity index (χ2v) is 2.68. The number of hydrogen-bond donors (Lipinski definition) is 2. The fraction of sp³-hybridized carbons (Fsp3) is 0.125. The quantitative estimate of drug-likeness (QED) is 0.490. The van der Waals surface area contributed by atoms with Crippen molar-refractivity contribution in [2.75, 3.05) is 5.43 Å². The molecule has 0 aromatic carbocycles. The summed E-state index contributed by atoms with van der Waals surface area (Å²) in [5.41, 5.74) is 4.84. The van der Waals surface area contributed by atoms with Crippen LogP contribution in [0.1, 0.15) is 5.69 Å². The number of nitrogens with one attached hydrogen (secondary N) is 1. The first-order valence-corrected chi connectivity index (χ1v) is 3.86. The van der Waals surface area contributed by atoms with Gasteiger partial charge in [-0.2, -0.15) is 0 Å². The second-order valence-electron chi connectivity index (χ2n) is 2.68. The Morgan fingerprint density at radius 3 is 3.00 bits per heavy atom. The van der Waals surface area contributed by atoms with Crippen molar-refractivity contribution >= 4 is 16.9 Å². The van der Waals surface area contributed by atoms with Crippen LogP contribution in [0.3, 0.4) is 0 Å². The van der Waals surface area contributed by atoms with Gasteiger partial charge in [0.2, 0.25) is 0 Å². The summed E-state index contributed by atoms with van der Waals surface area (Å²) < 4.78 is 0. The molecule has 0 saturated heterocycles. The Hall–Kier alpha value is -1.75. The number of nitrogens with two attached hydrogens (primary N) is 1. The first-order chi connectivity index (χ1) is 6.31. The molecule has 0 atom stereocenters. The van der Waals surface area contributed by atoms with E-state index >= 15 is 0 Å². The van der Waals surface area contributed by atoms with Crippen LogP contribution in [0.5, 0.6) is 0 Å². The number of aryl methyl sites for hydroxylation is 1. The van der Waals surface area contributed by atoms with E-state index in [1.54, 1.807) is 18.5 Å². The van der Waals surface area contributed by atoms with Crippen molar-refractivity contribution in [2.45, 2.75) is 6.92 Å². The summed E-state index contributed by atoms with van der Waals surface area (Å²) in [5, 5.41) is 0. The molecule has 13 heavy (non-hydrogen) atoms. The summed E-state index contributed by atoms with van der Waals surface area (Å²) in [7, 11) is 0. The smallest absolute Gasteiger partial charge is 0.168 e. The molecule has 0 radical (unpaired) electrons. The molecule has 0 saturated carbocycles. The molecule has 2 rings (SSSR count). The number of nitrogens with zero attached hydrogens (tertiary/aromatic N) is 3. The Morgan fingerprint density at radius 1 is 1.38 bits per heavy atom. The van der Waals surface area contributed by atoms with Crippen molar-refractivity contribution in [1.29, 1.82) is 0 Å². The van der Waals surface area contributed by atoms with E-state index in [4.69, 9.17) is 5.84 Å². The van der Waals surface area contributed by atoms with E-state index in [-0.39, 0.29) is 0 Å². The zero-order valence-electron chi connectivity index (χ0n) is 7.15. The van der Waals surface area contributed by atoms with Crippen molar-refractivity contribution in [3.05, 3.63) is 24.2 Å². The Balaban J connectivity index is 2.77. The van der Waals surface area contributed by atoms with Gasteiger partial charge >= 0.3 is 0 Å². The van der Waals surface area contributed by atoms with E-state index in [1.165, 1.54) is 0 Å². The van der Waals surface area contributed by atoms with Crippen LogP contribution >= 0.6 is 0 Å². The van der Waals surface area contributed by atoms with Gasteiger partial charge in [-0.3, -0.25) is 0 Å². The lowest BCUT2D eigenvalue weighted by Crippen LogP contribution is -2.09. The monoisotopic (exact) mass is 175 g/mol. The molecule has 2 aromatic heterocycles. The normalized spacial score (nSPS) is 10.3. The van der Waals surface area contributed by atoms with Gasteiger partial charge in [-0.15, -0.1) is 0 Å². The minimum absolute atomic E-state index is 0.546. The number of hydrogen-bond acceptors (Lipinski definition) is 5. The van der Waals surface area contributed by atoms with E-state index in [9.17, 15) is 0 Å². The molecule has 0 fully saturated rings. The summed E-state index contributed by atoms with van der Waals surface area (Å²) in [6.45, 7) is 1.89. The average Bonchev–Trinajstić information content (AvgIpc) is 2.16. The summed E-state index contributed by atoms with van der Waals surface area (Å²) in [6, 6.07) is 1.80. The summed E-state index contributed by atoms with van der Waals surface area (Å²) in [5.74, 6) is 5.82. The number of aromatic nitrogens is 3. The van der Waals surface area contributed by atoms with E-state index in [1.807, 2.05) is 6.92 Å². The van der Waals surface area contributed by atoms with Crippen LogP contribution in [0.2, 0.25) is 0 Å². The molecule has 3 N–H and O–H groups in total. The maximum Gasteiger partial charge on any atom is 0.168 e. The van der Waals surface area contributed by atoms with Crippen molar-refractivity contribution in [3.63, 3.8) is 0 Å². The lowest BCUT2D eigenvalue weighted by atomic mass is 10.3. The molecule has 0 spiro atoms. The van der Waals surface area contributed by atoms with Crippen LogP contribution in [0.15, 0.2) is 18.5 Å². The topological polar surface area (TPSA) is 76.7 Å². The van der Waals surface area contributed by atoms with Crippen LogP contribution in [-0.2, 0) is 0 Å². The predicted molar refractivity (Wildman–Crippen MR) is 49.9 cm³/mol. The predicted octanol–water partition coefficient (Wildman–Crippen LogP) is 0.619. The third-order valence-electron chi connectivity index (χ3n) is 1.72. The molecule has 2 heterocycles. The number of hydrazine groups is 1. The third-order valence-corrected chi connectivity index (χ3v) is 1.72. The molecule has 5 heteroatoms. The highest BCUT2D eigenvalue weighted by atomic mass is 15.3. The number of pyridine rings is 1. The molecular formula is C8H9N5. The average molecular weight is 175 g/mol. The van der Waals surface area contributed by atoms with Crippen LogP contribution < -0.4 is 11.3 Å². The second kappa shape index (κ2) is 2.95. The van der Waals surface area contributed by atoms with Crippen molar-refractivity contribution in [1.82, 2.24) is 15.0 Å². The van der Waals surface area contributed by atoms with E-state index in [0.717, 1.165) is 11.2 Å². The SMILES string of the molecule is Cc1cnc2c(NN)nccc2n1. The summed E-state index contributed by atoms with van der Waals surface area (Å²) in [4.78, 5) is 12.5. The maximum atomic E-state index is 5.27. The van der Waals surface area contributed by atoms with Crippen LogP contribution in [0.25, 0.3) is 11.0 Å². The first kappa shape index (κ1) is 7.88. The Morgan fingerprint density at radius 2 is 2.23 bits per heavy atom. The molecule has 0 bridgehead atoms. The maximum absolute atomic E-state index is 5.27. The lowest BCUT2D eigenvalue weighted by molar-refractivity contribution is 1.16. The molecular weight excluding hydrogens is 166 g/mol. The zero-order valence-corrected chi connectivity index (χ0v) is 7.15. The van der Waals surface area contributed by atoms with E-state index in [0.29, 0.717) is 11.3 Å². The lowest BCUT2D eigenvalue weighted by Gasteiger charge is -2.02. The molecule has 2 aromatic rings. The molecule has 0 aliphatic heterocycles. The minimum atomic E-state index is 0.546. The third kappa shape index (κ3) is 1.29. The zero-order chi connectivity index (χ0) is 9.26. The molecule has 0 unspecified atom stereocenters. The van der Waals surface area contributed by atoms with Gasteiger partial charge in [0.05, 0.1) is 11.2 Å². The summed E-state index contributed by atoms with van der Waals surface area (Å²) >= 11 is 0. The Labute approximate surface area is 75.0 Å². The van der Waals surface area contributed by atoms with Gasteiger partial charge in [0.25, 0.3) is 0 Å². The highest BCUT2D eigenvalue weighted by Gasteiger charge is 2.02. The van der Waals surface area contributed by atoms with Crippen LogP contribution in [-0.4, -0.2) is 15.0 Å². The summed E-state index contributed by atoms with van der Waals surface area (Å²) in [6.07, 6.45) is 3.33. The fourth-order valence-corrected chi connectivity index (χ4v) is 1.14. The molecule has 5 nitrogen and oxygen atoms in total. The molecule has 0 amide bonds. The molecule has 0 aliphatic rings. The van der Waals surface area contributed by atoms with Crippen molar-refractivity contribution in [2.24, 2.45) is 5.84 Å². The van der Waals surface area contributed by atoms with E-state index in [2.05, 4.69) is 20.4 Å². The van der Waals surface area contributed by atoms with Gasteiger partial charge in [0.1, 0.15) is 5.52 Å². The van der Waals surface area contributed by atoms with Gasteiger partial charge in [-0.1, -0.05) is 0 Å². The minimum Gasteiger partial charge on any atom is -0.307 e. The largest absolute Gasteiger partial charge is 0.307 e. The van der Waals surface area contributed by atoms with Gasteiger partial charge < -0.3 is 5.43 Å². The van der Waals surface area contributed by atoms with Gasteiger partial charge in [-0.05, 0) is 13.0 Å². The Bertz CT molecular complexity index is 439. The number of fused-ring (bicyclic) bond motifs is 1. The standard InChI is InChI=1S/C8H9N5/c1-5-4-11-7-6(12-5)2-3-10-8(7)13-9/h2-4H,9H2,1H3,(H,10,13). The van der Waals surface area contributed by atoms with Gasteiger partial charge in [-0.25, -0.2) is 20.8 Å². The number of anilines is 1. The Kier molecular flexibility index (Phi) is 1.79. The number of nitrogen functional groups attached to an aromatic ring is 1. The van der Waals surface area contributed by atoms with Gasteiger partial charge in [0, 0.05) is 12.4 Å². The number of rotatable bonds is 1. The molecule has 66 valence electrons.